The van der Waals surface area contributed by atoms with Crippen molar-refractivity contribution in [1.29, 1.82) is 0 Å². The van der Waals surface area contributed by atoms with Gasteiger partial charge in [0.25, 0.3) is 5.91 Å². The molecule has 0 radical (unpaired) electrons. The summed E-state index contributed by atoms with van der Waals surface area (Å²) in [4.78, 5) is 16.4. The Morgan fingerprint density at radius 2 is 2.40 bits per heavy atom. The van der Waals surface area contributed by atoms with Crippen molar-refractivity contribution in [1.82, 2.24) is 4.90 Å². The number of hydrogen-bond donors (Lipinski definition) is 1. The van der Waals surface area contributed by atoms with E-state index in [0.29, 0.717) is 5.84 Å². The van der Waals surface area contributed by atoms with Crippen LogP contribution in [0.4, 0.5) is 0 Å². The largest absolute Gasteiger partial charge is 0.394 e. The number of likely N-dealkylation sites (N-methyl/N-ethyl adjacent to an activating group) is 1. The summed E-state index contributed by atoms with van der Waals surface area (Å²) >= 11 is 0. The summed E-state index contributed by atoms with van der Waals surface area (Å²) in [6.45, 7) is 1.55. The predicted molar refractivity (Wildman–Crippen MR) is 36.8 cm³/mol. The van der Waals surface area contributed by atoms with E-state index in [9.17, 15) is 4.79 Å². The summed E-state index contributed by atoms with van der Waals surface area (Å²) in [7, 11) is 1.65. The van der Waals surface area contributed by atoms with Gasteiger partial charge in [-0.3, -0.25) is 9.79 Å². The second-order valence-electron chi connectivity index (χ2n) is 2.27. The van der Waals surface area contributed by atoms with Crippen LogP contribution in [-0.2, 0) is 4.79 Å². The second kappa shape index (κ2) is 2.38. The maximum Gasteiger partial charge on any atom is 0.254 e. The van der Waals surface area contributed by atoms with Crippen LogP contribution in [0, 0.1) is 0 Å². The van der Waals surface area contributed by atoms with Crippen molar-refractivity contribution in [2.75, 3.05) is 13.7 Å². The van der Waals surface area contributed by atoms with E-state index in [1.54, 1.807) is 14.0 Å². The van der Waals surface area contributed by atoms with Crippen molar-refractivity contribution in [2.45, 2.75) is 13.0 Å². The molecule has 1 amide bonds. The Balaban J connectivity index is 2.76. The molecule has 0 aromatic carbocycles. The molecule has 0 aromatic rings. The summed E-state index contributed by atoms with van der Waals surface area (Å²) in [5.74, 6) is 0.545. The fraction of sp³-hybridized carbons (Fsp3) is 0.667. The van der Waals surface area contributed by atoms with Crippen LogP contribution in [0.25, 0.3) is 0 Å². The van der Waals surface area contributed by atoms with Crippen LogP contribution in [0.1, 0.15) is 6.92 Å². The van der Waals surface area contributed by atoms with Crippen LogP contribution < -0.4 is 0 Å². The lowest BCUT2D eigenvalue weighted by Gasteiger charge is -2.07. The topological polar surface area (TPSA) is 52.9 Å². The summed E-state index contributed by atoms with van der Waals surface area (Å²) in [6.07, 6.45) is 0. The molecule has 0 saturated heterocycles. The van der Waals surface area contributed by atoms with Gasteiger partial charge >= 0.3 is 0 Å². The summed E-state index contributed by atoms with van der Waals surface area (Å²) in [5.41, 5.74) is 0. The first-order valence-electron chi connectivity index (χ1n) is 3.09. The monoisotopic (exact) mass is 142 g/mol. The molecule has 1 N–H and O–H groups in total. The Kier molecular flexibility index (Phi) is 1.72. The Morgan fingerprint density at radius 3 is 2.60 bits per heavy atom. The minimum absolute atomic E-state index is 0.125. The average Bonchev–Trinajstić information content (AvgIpc) is 2.17. The van der Waals surface area contributed by atoms with E-state index in [2.05, 4.69) is 4.99 Å². The van der Waals surface area contributed by atoms with E-state index >= 15 is 0 Å². The van der Waals surface area contributed by atoms with E-state index in [-0.39, 0.29) is 12.5 Å². The van der Waals surface area contributed by atoms with Gasteiger partial charge in [0.05, 0.1) is 6.61 Å². The zero-order chi connectivity index (χ0) is 7.72. The fourth-order valence-electron chi connectivity index (χ4n) is 0.869. The molecule has 1 aliphatic heterocycles. The maximum atomic E-state index is 11.0. The maximum absolute atomic E-state index is 11.0. The SMILES string of the molecule is CC1=NC(CO)C(=O)N1C. The first-order valence-corrected chi connectivity index (χ1v) is 3.09. The van der Waals surface area contributed by atoms with Crippen LogP contribution in [0.2, 0.25) is 0 Å². The van der Waals surface area contributed by atoms with Gasteiger partial charge in [0, 0.05) is 7.05 Å². The number of aliphatic hydroxyl groups excluding tert-OH is 1. The zero-order valence-corrected chi connectivity index (χ0v) is 6.03. The van der Waals surface area contributed by atoms with Crippen LogP contribution in [-0.4, -0.2) is 41.4 Å². The lowest BCUT2D eigenvalue weighted by Crippen LogP contribution is -2.31. The van der Waals surface area contributed by atoms with Gasteiger partial charge in [-0.25, -0.2) is 0 Å². The summed E-state index contributed by atoms with van der Waals surface area (Å²) in [6, 6.07) is -0.551. The molecule has 1 rings (SSSR count). The Labute approximate surface area is 59.2 Å². The molecule has 1 aliphatic rings. The molecular weight excluding hydrogens is 132 g/mol. The van der Waals surface area contributed by atoms with Gasteiger partial charge in [0.1, 0.15) is 5.84 Å². The normalized spacial score (nSPS) is 25.5. The number of hydrogen-bond acceptors (Lipinski definition) is 3. The van der Waals surface area contributed by atoms with Crippen molar-refractivity contribution in [3.05, 3.63) is 0 Å². The van der Waals surface area contributed by atoms with E-state index in [4.69, 9.17) is 5.11 Å². The third-order valence-corrected chi connectivity index (χ3v) is 1.62. The number of amides is 1. The van der Waals surface area contributed by atoms with Gasteiger partial charge in [-0.2, -0.15) is 0 Å². The number of aliphatic imine (C=N–C) groups is 1. The smallest absolute Gasteiger partial charge is 0.254 e. The zero-order valence-electron chi connectivity index (χ0n) is 6.03. The Morgan fingerprint density at radius 1 is 1.80 bits per heavy atom. The van der Waals surface area contributed by atoms with Crippen molar-refractivity contribution >= 4 is 11.7 Å². The van der Waals surface area contributed by atoms with Gasteiger partial charge in [-0.1, -0.05) is 0 Å². The third kappa shape index (κ3) is 0.903. The van der Waals surface area contributed by atoms with E-state index < -0.39 is 6.04 Å². The molecule has 0 aromatic heterocycles. The summed E-state index contributed by atoms with van der Waals surface area (Å²) in [5, 5.41) is 8.62. The number of rotatable bonds is 1. The van der Waals surface area contributed by atoms with Gasteiger partial charge in [0.2, 0.25) is 0 Å². The molecule has 0 fully saturated rings. The number of carbonyl (C=O) groups excluding carboxylic acids is 1. The van der Waals surface area contributed by atoms with E-state index in [1.165, 1.54) is 4.90 Å². The molecule has 0 aliphatic carbocycles. The highest BCUT2D eigenvalue weighted by Crippen LogP contribution is 2.07. The molecule has 0 bridgehead atoms. The van der Waals surface area contributed by atoms with Crippen molar-refractivity contribution in [2.24, 2.45) is 4.99 Å². The molecule has 0 saturated carbocycles. The lowest BCUT2D eigenvalue weighted by atomic mass is 10.3. The van der Waals surface area contributed by atoms with Gasteiger partial charge < -0.3 is 10.0 Å². The molecule has 4 heteroatoms. The molecule has 1 heterocycles. The predicted octanol–water partition coefficient (Wildman–Crippen LogP) is -0.762. The van der Waals surface area contributed by atoms with Crippen LogP contribution in [0.15, 0.2) is 4.99 Å². The van der Waals surface area contributed by atoms with Crippen molar-refractivity contribution in [3.63, 3.8) is 0 Å². The molecule has 1 atom stereocenters. The molecule has 4 nitrogen and oxygen atoms in total. The molecule has 0 spiro atoms. The minimum atomic E-state index is -0.551. The Hall–Kier alpha value is -0.900. The van der Waals surface area contributed by atoms with Crippen molar-refractivity contribution < 1.29 is 9.90 Å². The van der Waals surface area contributed by atoms with Gasteiger partial charge in [0.15, 0.2) is 6.04 Å². The highest BCUT2D eigenvalue weighted by atomic mass is 16.3. The van der Waals surface area contributed by atoms with E-state index in [1.807, 2.05) is 0 Å². The first-order chi connectivity index (χ1) is 4.66. The number of amidine groups is 1. The van der Waals surface area contributed by atoms with Crippen LogP contribution in [0.5, 0.6) is 0 Å². The minimum Gasteiger partial charge on any atom is -0.394 e. The summed E-state index contributed by atoms with van der Waals surface area (Å²) < 4.78 is 0. The van der Waals surface area contributed by atoms with Crippen molar-refractivity contribution in [3.8, 4) is 0 Å². The second-order valence-corrected chi connectivity index (χ2v) is 2.27. The first kappa shape index (κ1) is 7.21. The highest BCUT2D eigenvalue weighted by Gasteiger charge is 2.28. The quantitative estimate of drug-likeness (QED) is 0.523. The number of nitrogens with zero attached hydrogens (tertiary/aromatic N) is 2. The van der Waals surface area contributed by atoms with Gasteiger partial charge in [-0.05, 0) is 6.92 Å². The van der Waals surface area contributed by atoms with E-state index in [0.717, 1.165) is 0 Å². The molecular formula is C6H10N2O2. The van der Waals surface area contributed by atoms with Gasteiger partial charge in [-0.15, -0.1) is 0 Å². The van der Waals surface area contributed by atoms with Crippen LogP contribution >= 0.6 is 0 Å². The average molecular weight is 142 g/mol. The molecule has 56 valence electrons. The molecule has 1 unspecified atom stereocenters. The third-order valence-electron chi connectivity index (χ3n) is 1.62. The fourth-order valence-corrected chi connectivity index (χ4v) is 0.869. The highest BCUT2D eigenvalue weighted by molar-refractivity contribution is 6.04. The lowest BCUT2D eigenvalue weighted by molar-refractivity contribution is -0.127. The number of aliphatic hydroxyl groups is 1. The standard InChI is InChI=1S/C6H10N2O2/c1-4-7-5(3-9)6(10)8(4)2/h5,9H,3H2,1-2H3. The molecule has 10 heavy (non-hydrogen) atoms. The number of carbonyl (C=O) groups is 1. The Bertz CT molecular complexity index is 188. The van der Waals surface area contributed by atoms with Crippen LogP contribution in [0.3, 0.4) is 0 Å².